The summed E-state index contributed by atoms with van der Waals surface area (Å²) < 4.78 is 4.95. The molecule has 1 aromatic rings. The lowest BCUT2D eigenvalue weighted by molar-refractivity contribution is 0.415. The molecule has 0 saturated carbocycles. The van der Waals surface area contributed by atoms with E-state index in [1.807, 2.05) is 6.07 Å². The minimum absolute atomic E-state index is 0.375. The molecule has 0 aliphatic rings. The molecule has 1 unspecified atom stereocenters. The summed E-state index contributed by atoms with van der Waals surface area (Å²) >= 11 is 11.7. The van der Waals surface area contributed by atoms with Gasteiger partial charge in [-0.15, -0.1) is 0 Å². The quantitative estimate of drug-likeness (QED) is 0.850. The molecule has 3 nitrogen and oxygen atoms in total. The smallest absolute Gasteiger partial charge is 0.138 e. The number of halogens is 2. The predicted molar refractivity (Wildman–Crippen MR) is 55.6 cm³/mol. The van der Waals surface area contributed by atoms with Crippen molar-refractivity contribution < 1.29 is 4.74 Å². The van der Waals surface area contributed by atoms with Gasteiger partial charge in [0.25, 0.3) is 0 Å². The monoisotopic (exact) mass is 230 g/mol. The van der Waals surface area contributed by atoms with Crippen molar-refractivity contribution in [2.24, 2.45) is 5.73 Å². The Morgan fingerprint density at radius 2 is 2.07 bits per heavy atom. The minimum Gasteiger partial charge on any atom is -0.495 e. The second kappa shape index (κ2) is 4.52. The van der Waals surface area contributed by atoms with E-state index in [1.165, 1.54) is 19.2 Å². The zero-order chi connectivity index (χ0) is 10.7. The molecule has 14 heavy (non-hydrogen) atoms. The van der Waals surface area contributed by atoms with E-state index in [0.717, 1.165) is 0 Å². The average Bonchev–Trinajstić information content (AvgIpc) is 2.19. The van der Waals surface area contributed by atoms with Crippen molar-refractivity contribution in [1.29, 1.82) is 5.26 Å². The van der Waals surface area contributed by atoms with Gasteiger partial charge >= 0.3 is 0 Å². The zero-order valence-corrected chi connectivity index (χ0v) is 8.93. The maximum Gasteiger partial charge on any atom is 0.138 e. The molecule has 0 bridgehead atoms. The largest absolute Gasteiger partial charge is 0.495 e. The van der Waals surface area contributed by atoms with Crippen LogP contribution in [0.5, 0.6) is 5.75 Å². The van der Waals surface area contributed by atoms with Crippen LogP contribution in [0.2, 0.25) is 10.0 Å². The van der Waals surface area contributed by atoms with E-state index in [0.29, 0.717) is 21.4 Å². The van der Waals surface area contributed by atoms with Crippen LogP contribution in [0, 0.1) is 11.3 Å². The van der Waals surface area contributed by atoms with E-state index < -0.39 is 6.04 Å². The fraction of sp³-hybridized carbons (Fsp3) is 0.222. The van der Waals surface area contributed by atoms with Gasteiger partial charge in [0.2, 0.25) is 0 Å². The van der Waals surface area contributed by atoms with Gasteiger partial charge in [0.15, 0.2) is 0 Å². The highest BCUT2D eigenvalue weighted by atomic mass is 35.5. The molecule has 0 amide bonds. The van der Waals surface area contributed by atoms with Crippen LogP contribution >= 0.6 is 23.2 Å². The standard InChI is InChI=1S/C9H8Cl2N2O/c1-14-9-3-6(10)5(2-7(9)11)8(13)4-12/h2-3,8H,13H2,1H3. The molecule has 1 atom stereocenters. The highest BCUT2D eigenvalue weighted by Crippen LogP contribution is 2.33. The summed E-state index contributed by atoms with van der Waals surface area (Å²) in [4.78, 5) is 0. The lowest BCUT2D eigenvalue weighted by Gasteiger charge is -2.09. The number of nitrogens with zero attached hydrogens (tertiary/aromatic N) is 1. The van der Waals surface area contributed by atoms with Crippen LogP contribution in [0.15, 0.2) is 12.1 Å². The average molecular weight is 231 g/mol. The molecule has 1 aromatic carbocycles. The minimum atomic E-state index is -0.772. The fourth-order valence-corrected chi connectivity index (χ4v) is 1.53. The first-order valence-electron chi connectivity index (χ1n) is 3.78. The highest BCUT2D eigenvalue weighted by Gasteiger charge is 2.13. The molecule has 0 heterocycles. The van der Waals surface area contributed by atoms with Gasteiger partial charge < -0.3 is 10.5 Å². The van der Waals surface area contributed by atoms with Crippen molar-refractivity contribution in [2.45, 2.75) is 6.04 Å². The summed E-state index contributed by atoms with van der Waals surface area (Å²) in [6, 6.07) is 4.18. The molecule has 0 aliphatic heterocycles. The first-order valence-corrected chi connectivity index (χ1v) is 4.54. The van der Waals surface area contributed by atoms with Gasteiger partial charge in [-0.3, -0.25) is 0 Å². The van der Waals surface area contributed by atoms with Crippen molar-refractivity contribution in [3.63, 3.8) is 0 Å². The third-order valence-corrected chi connectivity index (χ3v) is 2.37. The molecule has 2 N–H and O–H groups in total. The van der Waals surface area contributed by atoms with Gasteiger partial charge in [-0.2, -0.15) is 5.26 Å². The molecule has 0 fully saturated rings. The van der Waals surface area contributed by atoms with Crippen molar-refractivity contribution in [3.05, 3.63) is 27.7 Å². The molecule has 0 saturated heterocycles. The van der Waals surface area contributed by atoms with Crippen molar-refractivity contribution in [1.82, 2.24) is 0 Å². The fourth-order valence-electron chi connectivity index (χ4n) is 1.01. The maximum absolute atomic E-state index is 8.62. The summed E-state index contributed by atoms with van der Waals surface area (Å²) in [5, 5.41) is 9.38. The number of nitrogens with two attached hydrogens (primary N) is 1. The lowest BCUT2D eigenvalue weighted by atomic mass is 10.1. The van der Waals surface area contributed by atoms with E-state index in [2.05, 4.69) is 0 Å². The molecular formula is C9H8Cl2N2O. The van der Waals surface area contributed by atoms with E-state index >= 15 is 0 Å². The second-order valence-electron chi connectivity index (χ2n) is 2.62. The Labute approximate surface area is 92.0 Å². The molecule has 0 radical (unpaired) electrons. The van der Waals surface area contributed by atoms with Gasteiger partial charge in [0.05, 0.1) is 23.2 Å². The van der Waals surface area contributed by atoms with Crippen LogP contribution in [0.3, 0.4) is 0 Å². The van der Waals surface area contributed by atoms with Crippen LogP contribution in [0.1, 0.15) is 11.6 Å². The van der Waals surface area contributed by atoms with Gasteiger partial charge in [0, 0.05) is 11.6 Å². The van der Waals surface area contributed by atoms with E-state index in [4.69, 9.17) is 38.9 Å². The molecular weight excluding hydrogens is 223 g/mol. The number of benzene rings is 1. The third-order valence-electron chi connectivity index (χ3n) is 1.75. The normalized spacial score (nSPS) is 11.9. The topological polar surface area (TPSA) is 59.0 Å². The van der Waals surface area contributed by atoms with Crippen molar-refractivity contribution in [3.8, 4) is 11.8 Å². The van der Waals surface area contributed by atoms with Crippen LogP contribution in [-0.2, 0) is 0 Å². The third kappa shape index (κ3) is 2.10. The van der Waals surface area contributed by atoms with Crippen LogP contribution in [-0.4, -0.2) is 7.11 Å². The van der Waals surface area contributed by atoms with Crippen molar-refractivity contribution in [2.75, 3.05) is 7.11 Å². The summed E-state index contributed by atoms with van der Waals surface area (Å²) in [7, 11) is 1.49. The molecule has 1 rings (SSSR count). The Hall–Kier alpha value is -0.950. The maximum atomic E-state index is 8.62. The summed E-state index contributed by atoms with van der Waals surface area (Å²) in [6.45, 7) is 0. The Kier molecular flexibility index (Phi) is 3.59. The molecule has 74 valence electrons. The molecule has 0 aromatic heterocycles. The van der Waals surface area contributed by atoms with Gasteiger partial charge in [-0.25, -0.2) is 0 Å². The molecule has 5 heteroatoms. The Morgan fingerprint density at radius 1 is 1.43 bits per heavy atom. The second-order valence-corrected chi connectivity index (χ2v) is 3.43. The van der Waals surface area contributed by atoms with Gasteiger partial charge in [-0.05, 0) is 6.07 Å². The number of ether oxygens (including phenoxy) is 1. The van der Waals surface area contributed by atoms with Crippen LogP contribution in [0.25, 0.3) is 0 Å². The Morgan fingerprint density at radius 3 is 2.57 bits per heavy atom. The van der Waals surface area contributed by atoms with Crippen LogP contribution in [0.4, 0.5) is 0 Å². The summed E-state index contributed by atoms with van der Waals surface area (Å²) in [6.07, 6.45) is 0. The number of methoxy groups -OCH3 is 1. The van der Waals surface area contributed by atoms with Gasteiger partial charge in [-0.1, -0.05) is 23.2 Å². The SMILES string of the molecule is COc1cc(Cl)c(C(N)C#N)cc1Cl. The molecule has 0 aliphatic carbocycles. The van der Waals surface area contributed by atoms with E-state index in [9.17, 15) is 0 Å². The van der Waals surface area contributed by atoms with Crippen molar-refractivity contribution >= 4 is 23.2 Å². The molecule has 0 spiro atoms. The first-order chi connectivity index (χ1) is 6.60. The number of nitriles is 1. The highest BCUT2D eigenvalue weighted by molar-refractivity contribution is 6.34. The van der Waals surface area contributed by atoms with Gasteiger partial charge in [0.1, 0.15) is 11.8 Å². The number of hydrogen-bond acceptors (Lipinski definition) is 3. The Balaban J connectivity index is 3.23. The first kappa shape index (κ1) is 11.1. The lowest BCUT2D eigenvalue weighted by Crippen LogP contribution is -2.08. The van der Waals surface area contributed by atoms with Crippen LogP contribution < -0.4 is 10.5 Å². The zero-order valence-electron chi connectivity index (χ0n) is 7.42. The number of hydrogen-bond donors (Lipinski definition) is 1. The predicted octanol–water partition coefficient (Wildman–Crippen LogP) is 2.53. The van der Waals surface area contributed by atoms with E-state index in [-0.39, 0.29) is 0 Å². The Bertz CT molecular complexity index is 387. The number of rotatable bonds is 2. The van der Waals surface area contributed by atoms with E-state index in [1.54, 1.807) is 0 Å². The summed E-state index contributed by atoms with van der Waals surface area (Å²) in [5.74, 6) is 0.463. The summed E-state index contributed by atoms with van der Waals surface area (Å²) in [5.41, 5.74) is 6.01.